The minimum absolute atomic E-state index is 0.155. The number of benzene rings is 1. The molecular weight excluding hydrogens is 421 g/mol. The van der Waals surface area contributed by atoms with Gasteiger partial charge in [-0.05, 0) is 49.6 Å². The molecular formula is C9H6Br3F3O. The van der Waals surface area contributed by atoms with Crippen molar-refractivity contribution < 1.29 is 17.9 Å². The Morgan fingerprint density at radius 3 is 2.00 bits per heavy atom. The van der Waals surface area contributed by atoms with Crippen molar-refractivity contribution in [3.05, 3.63) is 26.6 Å². The summed E-state index contributed by atoms with van der Waals surface area (Å²) in [5.74, 6) is 0.155. The van der Waals surface area contributed by atoms with Crippen molar-refractivity contribution >= 4 is 47.8 Å². The fraction of sp³-hybridized carbons (Fsp3) is 0.333. The van der Waals surface area contributed by atoms with Gasteiger partial charge in [0.2, 0.25) is 0 Å². The van der Waals surface area contributed by atoms with Crippen LogP contribution in [0.1, 0.15) is 5.56 Å². The van der Waals surface area contributed by atoms with E-state index in [-0.39, 0.29) is 5.75 Å². The van der Waals surface area contributed by atoms with Crippen LogP contribution in [-0.2, 0) is 5.33 Å². The molecule has 0 N–H and O–H groups in total. The van der Waals surface area contributed by atoms with Crippen molar-refractivity contribution in [2.75, 3.05) is 6.61 Å². The average molecular weight is 427 g/mol. The predicted octanol–water partition coefficient (Wildman–Crippen LogP) is 5.05. The monoisotopic (exact) mass is 424 g/mol. The van der Waals surface area contributed by atoms with E-state index in [4.69, 9.17) is 4.74 Å². The summed E-state index contributed by atoms with van der Waals surface area (Å²) < 4.78 is 41.6. The molecule has 1 aromatic carbocycles. The molecule has 0 unspecified atom stereocenters. The molecule has 1 rings (SSSR count). The van der Waals surface area contributed by atoms with E-state index in [0.29, 0.717) is 14.3 Å². The summed E-state index contributed by atoms with van der Waals surface area (Å²) in [4.78, 5) is 0. The van der Waals surface area contributed by atoms with Crippen molar-refractivity contribution in [1.82, 2.24) is 0 Å². The van der Waals surface area contributed by atoms with Crippen LogP contribution in [0.15, 0.2) is 21.1 Å². The Morgan fingerprint density at radius 2 is 1.62 bits per heavy atom. The van der Waals surface area contributed by atoms with Gasteiger partial charge in [0, 0.05) is 5.33 Å². The Bertz CT molecular complexity index is 356. The van der Waals surface area contributed by atoms with Gasteiger partial charge in [-0.3, -0.25) is 0 Å². The molecule has 16 heavy (non-hydrogen) atoms. The maximum absolute atomic E-state index is 12.0. The fourth-order valence-electron chi connectivity index (χ4n) is 0.981. The van der Waals surface area contributed by atoms with E-state index < -0.39 is 12.8 Å². The molecule has 0 aromatic heterocycles. The van der Waals surface area contributed by atoms with Crippen LogP contribution in [0, 0.1) is 0 Å². The molecule has 0 heterocycles. The van der Waals surface area contributed by atoms with E-state index >= 15 is 0 Å². The third-order valence-electron chi connectivity index (χ3n) is 1.59. The number of ether oxygens (including phenoxy) is 1. The van der Waals surface area contributed by atoms with E-state index in [9.17, 15) is 13.2 Å². The summed E-state index contributed by atoms with van der Waals surface area (Å²) in [5, 5.41) is 0.615. The molecule has 0 aliphatic carbocycles. The minimum atomic E-state index is -4.34. The number of alkyl halides is 4. The first-order valence-electron chi connectivity index (χ1n) is 4.07. The van der Waals surface area contributed by atoms with Crippen LogP contribution in [-0.4, -0.2) is 12.8 Å². The van der Waals surface area contributed by atoms with E-state index in [1.807, 2.05) is 0 Å². The van der Waals surface area contributed by atoms with Gasteiger partial charge in [0.1, 0.15) is 5.75 Å². The van der Waals surface area contributed by atoms with Gasteiger partial charge in [0.25, 0.3) is 0 Å². The molecule has 0 amide bonds. The lowest BCUT2D eigenvalue weighted by Crippen LogP contribution is -2.19. The van der Waals surface area contributed by atoms with Gasteiger partial charge in [-0.2, -0.15) is 13.2 Å². The maximum atomic E-state index is 12.0. The largest absolute Gasteiger partial charge is 0.482 e. The molecule has 1 aromatic rings. The summed E-state index contributed by atoms with van der Waals surface area (Å²) in [5.41, 5.74) is 0.929. The van der Waals surface area contributed by atoms with Crippen molar-refractivity contribution in [1.29, 1.82) is 0 Å². The zero-order valence-electron chi connectivity index (χ0n) is 7.74. The second-order valence-electron chi connectivity index (χ2n) is 2.93. The molecule has 1 nitrogen and oxygen atoms in total. The van der Waals surface area contributed by atoms with Crippen LogP contribution in [0.25, 0.3) is 0 Å². The van der Waals surface area contributed by atoms with Gasteiger partial charge >= 0.3 is 6.18 Å². The van der Waals surface area contributed by atoms with Crippen LogP contribution >= 0.6 is 47.8 Å². The van der Waals surface area contributed by atoms with E-state index in [1.165, 1.54) is 0 Å². The highest BCUT2D eigenvalue weighted by atomic mass is 79.9. The molecule has 0 atom stereocenters. The minimum Gasteiger partial charge on any atom is -0.482 e. The van der Waals surface area contributed by atoms with Crippen molar-refractivity contribution in [2.24, 2.45) is 0 Å². The Hall–Kier alpha value is 0.250. The van der Waals surface area contributed by atoms with Gasteiger partial charge in [-0.1, -0.05) is 15.9 Å². The lowest BCUT2D eigenvalue weighted by Gasteiger charge is -2.13. The lowest BCUT2D eigenvalue weighted by atomic mass is 10.2. The van der Waals surface area contributed by atoms with Crippen LogP contribution in [0.5, 0.6) is 5.75 Å². The first-order chi connectivity index (χ1) is 7.33. The van der Waals surface area contributed by atoms with Gasteiger partial charge in [0.15, 0.2) is 6.61 Å². The van der Waals surface area contributed by atoms with Crippen molar-refractivity contribution in [3.8, 4) is 5.75 Å². The predicted molar refractivity (Wildman–Crippen MR) is 66.0 cm³/mol. The molecule has 7 heteroatoms. The third-order valence-corrected chi connectivity index (χ3v) is 3.42. The van der Waals surface area contributed by atoms with Gasteiger partial charge in [-0.15, -0.1) is 0 Å². The molecule has 0 saturated heterocycles. The molecule has 90 valence electrons. The quantitative estimate of drug-likeness (QED) is 0.615. The third kappa shape index (κ3) is 4.25. The van der Waals surface area contributed by atoms with Gasteiger partial charge < -0.3 is 4.74 Å². The smallest absolute Gasteiger partial charge is 0.422 e. The normalized spacial score (nSPS) is 11.6. The van der Waals surface area contributed by atoms with Crippen LogP contribution in [0.3, 0.4) is 0 Å². The van der Waals surface area contributed by atoms with Gasteiger partial charge in [-0.25, -0.2) is 0 Å². The molecule has 0 spiro atoms. The second kappa shape index (κ2) is 5.73. The first-order valence-corrected chi connectivity index (χ1v) is 6.77. The standard InChI is InChI=1S/C9H6Br3F3O/c10-3-5-1-6(11)8(7(12)2-5)16-4-9(13,14)15/h1-2H,3-4H2. The maximum Gasteiger partial charge on any atom is 0.422 e. The first kappa shape index (κ1) is 14.3. The van der Waals surface area contributed by atoms with Crippen molar-refractivity contribution in [2.45, 2.75) is 11.5 Å². The lowest BCUT2D eigenvalue weighted by molar-refractivity contribution is -0.153. The highest BCUT2D eigenvalue weighted by Crippen LogP contribution is 2.36. The SMILES string of the molecule is FC(F)(F)COc1c(Br)cc(CBr)cc1Br. The highest BCUT2D eigenvalue weighted by molar-refractivity contribution is 9.11. The van der Waals surface area contributed by atoms with E-state index in [2.05, 4.69) is 47.8 Å². The van der Waals surface area contributed by atoms with Gasteiger partial charge in [0.05, 0.1) is 8.95 Å². The summed E-state index contributed by atoms with van der Waals surface area (Å²) in [6.07, 6.45) is -4.34. The fourth-order valence-corrected chi connectivity index (χ4v) is 2.82. The molecule has 0 bridgehead atoms. The Morgan fingerprint density at radius 1 is 1.12 bits per heavy atom. The Labute approximate surface area is 116 Å². The molecule has 0 saturated carbocycles. The van der Waals surface area contributed by atoms with Crippen LogP contribution in [0.2, 0.25) is 0 Å². The summed E-state index contributed by atoms with van der Waals surface area (Å²) in [6.45, 7) is -1.31. The van der Waals surface area contributed by atoms with E-state index in [1.54, 1.807) is 12.1 Å². The summed E-state index contributed by atoms with van der Waals surface area (Å²) >= 11 is 9.59. The molecule has 0 aliphatic heterocycles. The number of halogens is 6. The van der Waals surface area contributed by atoms with Crippen LogP contribution in [0.4, 0.5) is 13.2 Å². The molecule has 0 radical (unpaired) electrons. The number of hydrogen-bond donors (Lipinski definition) is 0. The zero-order valence-corrected chi connectivity index (χ0v) is 12.5. The number of hydrogen-bond acceptors (Lipinski definition) is 1. The summed E-state index contributed by atoms with van der Waals surface area (Å²) in [6, 6.07) is 3.40. The average Bonchev–Trinajstić information content (AvgIpc) is 2.14. The van der Waals surface area contributed by atoms with Crippen LogP contribution < -0.4 is 4.74 Å². The molecule has 0 aliphatic rings. The second-order valence-corrected chi connectivity index (χ2v) is 5.20. The molecule has 0 fully saturated rings. The summed E-state index contributed by atoms with van der Waals surface area (Å²) in [7, 11) is 0. The van der Waals surface area contributed by atoms with E-state index in [0.717, 1.165) is 5.56 Å². The number of rotatable bonds is 3. The Kier molecular flexibility index (Phi) is 5.12. The topological polar surface area (TPSA) is 9.23 Å². The van der Waals surface area contributed by atoms with Crippen molar-refractivity contribution in [3.63, 3.8) is 0 Å². The Balaban J connectivity index is 2.88. The zero-order chi connectivity index (χ0) is 12.3. The highest BCUT2D eigenvalue weighted by Gasteiger charge is 2.29.